The summed E-state index contributed by atoms with van der Waals surface area (Å²) in [6.07, 6.45) is 5.24. The van der Waals surface area contributed by atoms with E-state index in [2.05, 4.69) is 16.0 Å². The molecule has 1 aliphatic carbocycles. The minimum absolute atomic E-state index is 0.0379. The summed E-state index contributed by atoms with van der Waals surface area (Å²) in [5.74, 6) is -1.90. The van der Waals surface area contributed by atoms with E-state index in [1.54, 1.807) is 0 Å². The lowest BCUT2D eigenvalue weighted by Crippen LogP contribution is -2.28. The van der Waals surface area contributed by atoms with Crippen LogP contribution in [0.1, 0.15) is 42.5 Å². The number of rotatable bonds is 8. The molecule has 29 heavy (non-hydrogen) atoms. The maximum Gasteiger partial charge on any atom is 0.254 e. The first-order chi connectivity index (χ1) is 14.0. The summed E-state index contributed by atoms with van der Waals surface area (Å²) in [5, 5.41) is 8.64. The molecule has 0 saturated heterocycles. The Kier molecular flexibility index (Phi) is 7.16. The van der Waals surface area contributed by atoms with Gasteiger partial charge in [-0.2, -0.15) is 0 Å². The van der Waals surface area contributed by atoms with E-state index in [9.17, 15) is 18.4 Å². The van der Waals surface area contributed by atoms with Crippen molar-refractivity contribution in [2.24, 2.45) is 5.92 Å². The lowest BCUT2D eigenvalue weighted by atomic mass is 10.1. The number of hydrogen-bond acceptors (Lipinski definition) is 3. The number of carbonyl (C=O) groups is 2. The fourth-order valence-electron chi connectivity index (χ4n) is 3.43. The zero-order chi connectivity index (χ0) is 20.6. The number of amides is 2. The maximum atomic E-state index is 13.6. The second-order valence-electron chi connectivity index (χ2n) is 7.29. The molecule has 2 aromatic carbocycles. The van der Waals surface area contributed by atoms with Crippen molar-refractivity contribution in [3.63, 3.8) is 0 Å². The molecule has 7 heteroatoms. The Labute approximate surface area is 168 Å². The molecule has 1 saturated carbocycles. The van der Waals surface area contributed by atoms with Crippen LogP contribution in [-0.4, -0.2) is 24.9 Å². The van der Waals surface area contributed by atoms with Crippen molar-refractivity contribution in [3.8, 4) is 0 Å². The third kappa shape index (κ3) is 6.27. The van der Waals surface area contributed by atoms with Gasteiger partial charge in [0, 0.05) is 37.0 Å². The summed E-state index contributed by atoms with van der Waals surface area (Å²) in [4.78, 5) is 23.9. The molecule has 3 rings (SSSR count). The van der Waals surface area contributed by atoms with E-state index >= 15 is 0 Å². The van der Waals surface area contributed by atoms with Gasteiger partial charge < -0.3 is 16.0 Å². The van der Waals surface area contributed by atoms with E-state index in [0.29, 0.717) is 11.8 Å². The zero-order valence-electron chi connectivity index (χ0n) is 16.1. The van der Waals surface area contributed by atoms with Gasteiger partial charge in [-0.3, -0.25) is 9.59 Å². The van der Waals surface area contributed by atoms with Gasteiger partial charge in [-0.05, 0) is 55.2 Å². The predicted octanol–water partition coefficient (Wildman–Crippen LogP) is 4.33. The number of halogens is 2. The molecule has 0 aromatic heterocycles. The molecule has 1 aliphatic rings. The molecular weight excluding hydrogens is 376 g/mol. The molecule has 2 amide bonds. The van der Waals surface area contributed by atoms with Crippen LogP contribution in [0.2, 0.25) is 0 Å². The van der Waals surface area contributed by atoms with Crippen LogP contribution in [0.5, 0.6) is 0 Å². The molecule has 5 nitrogen and oxygen atoms in total. The van der Waals surface area contributed by atoms with E-state index < -0.39 is 17.5 Å². The van der Waals surface area contributed by atoms with Gasteiger partial charge in [0.25, 0.3) is 5.91 Å². The molecule has 154 valence electrons. The summed E-state index contributed by atoms with van der Waals surface area (Å²) < 4.78 is 26.4. The third-order valence-corrected chi connectivity index (χ3v) is 5.05. The third-order valence-electron chi connectivity index (χ3n) is 5.05. The summed E-state index contributed by atoms with van der Waals surface area (Å²) >= 11 is 0. The Hall–Kier alpha value is -2.96. The van der Waals surface area contributed by atoms with Crippen molar-refractivity contribution in [1.29, 1.82) is 0 Å². The highest BCUT2D eigenvalue weighted by atomic mass is 19.1. The minimum atomic E-state index is -0.936. The Morgan fingerprint density at radius 1 is 0.966 bits per heavy atom. The minimum Gasteiger partial charge on any atom is -0.385 e. The van der Waals surface area contributed by atoms with Crippen LogP contribution in [0.4, 0.5) is 20.2 Å². The van der Waals surface area contributed by atoms with Gasteiger partial charge >= 0.3 is 0 Å². The Morgan fingerprint density at radius 3 is 2.34 bits per heavy atom. The van der Waals surface area contributed by atoms with E-state index in [1.807, 2.05) is 24.3 Å². The molecule has 3 N–H and O–H groups in total. The van der Waals surface area contributed by atoms with Crippen molar-refractivity contribution < 1.29 is 18.4 Å². The van der Waals surface area contributed by atoms with Gasteiger partial charge in [0.05, 0.1) is 5.56 Å². The largest absolute Gasteiger partial charge is 0.385 e. The molecular formula is C22H25F2N3O2. The molecule has 0 atom stereocenters. The summed E-state index contributed by atoms with van der Waals surface area (Å²) in [6.45, 7) is 1.02. The van der Waals surface area contributed by atoms with Gasteiger partial charge in [0.15, 0.2) is 0 Å². The van der Waals surface area contributed by atoms with Gasteiger partial charge in [-0.1, -0.05) is 12.8 Å². The normalized spacial score (nSPS) is 13.9. The Morgan fingerprint density at radius 2 is 1.66 bits per heavy atom. The van der Waals surface area contributed by atoms with E-state index in [-0.39, 0.29) is 24.4 Å². The highest BCUT2D eigenvalue weighted by Crippen LogP contribution is 2.25. The number of anilines is 2. The summed E-state index contributed by atoms with van der Waals surface area (Å²) in [6, 6.07) is 10.2. The van der Waals surface area contributed by atoms with Crippen LogP contribution >= 0.6 is 0 Å². The molecule has 0 bridgehead atoms. The predicted molar refractivity (Wildman–Crippen MR) is 109 cm³/mol. The second kappa shape index (κ2) is 10.0. The molecule has 0 heterocycles. The van der Waals surface area contributed by atoms with Crippen molar-refractivity contribution in [3.05, 3.63) is 59.7 Å². The van der Waals surface area contributed by atoms with E-state index in [1.165, 1.54) is 25.7 Å². The standard InChI is InChI=1S/C22H25F2N3O2/c23-16-5-10-19(20(24)13-16)22(29)25-12-11-21(28)27-18-8-6-17(7-9-18)26-14-15-3-1-2-4-15/h5-10,13,15,26H,1-4,11-12,14H2,(H,25,29)(H,27,28). The van der Waals surface area contributed by atoms with Gasteiger partial charge in [0.1, 0.15) is 11.6 Å². The number of benzene rings is 2. The smallest absolute Gasteiger partial charge is 0.254 e. The molecule has 0 unspecified atom stereocenters. The average molecular weight is 401 g/mol. The number of carbonyl (C=O) groups excluding carboxylic acids is 2. The lowest BCUT2D eigenvalue weighted by molar-refractivity contribution is -0.116. The van der Waals surface area contributed by atoms with E-state index in [4.69, 9.17) is 0 Å². The molecule has 1 fully saturated rings. The Balaban J connectivity index is 1.39. The zero-order valence-corrected chi connectivity index (χ0v) is 16.1. The lowest BCUT2D eigenvalue weighted by Gasteiger charge is -2.12. The maximum absolute atomic E-state index is 13.6. The summed E-state index contributed by atoms with van der Waals surface area (Å²) in [5.41, 5.74) is 1.42. The first-order valence-electron chi connectivity index (χ1n) is 9.88. The topological polar surface area (TPSA) is 70.2 Å². The van der Waals surface area contributed by atoms with E-state index in [0.717, 1.165) is 30.3 Å². The van der Waals surface area contributed by atoms with Crippen molar-refractivity contribution in [2.75, 3.05) is 23.7 Å². The fraction of sp³-hybridized carbons (Fsp3) is 0.364. The van der Waals surface area contributed by atoms with Crippen LogP contribution < -0.4 is 16.0 Å². The van der Waals surface area contributed by atoms with Crippen LogP contribution in [0, 0.1) is 17.6 Å². The van der Waals surface area contributed by atoms with Crippen LogP contribution in [0.3, 0.4) is 0 Å². The molecule has 0 spiro atoms. The monoisotopic (exact) mass is 401 g/mol. The second-order valence-corrected chi connectivity index (χ2v) is 7.29. The molecule has 2 aromatic rings. The molecule has 0 aliphatic heterocycles. The first-order valence-corrected chi connectivity index (χ1v) is 9.88. The summed E-state index contributed by atoms with van der Waals surface area (Å²) in [7, 11) is 0. The van der Waals surface area contributed by atoms with Crippen LogP contribution in [0.15, 0.2) is 42.5 Å². The van der Waals surface area contributed by atoms with Crippen molar-refractivity contribution in [1.82, 2.24) is 5.32 Å². The van der Waals surface area contributed by atoms with Gasteiger partial charge in [0.2, 0.25) is 5.91 Å². The first kappa shape index (κ1) is 20.8. The van der Waals surface area contributed by atoms with Crippen molar-refractivity contribution in [2.45, 2.75) is 32.1 Å². The average Bonchev–Trinajstić information content (AvgIpc) is 3.21. The van der Waals surface area contributed by atoms with Gasteiger partial charge in [-0.15, -0.1) is 0 Å². The SMILES string of the molecule is O=C(CCNC(=O)c1ccc(F)cc1F)Nc1ccc(NCC2CCCC2)cc1. The highest BCUT2D eigenvalue weighted by molar-refractivity contribution is 5.95. The van der Waals surface area contributed by atoms with Crippen LogP contribution in [-0.2, 0) is 4.79 Å². The number of hydrogen-bond donors (Lipinski definition) is 3. The quantitative estimate of drug-likeness (QED) is 0.617. The fourth-order valence-corrected chi connectivity index (χ4v) is 3.43. The Bertz CT molecular complexity index is 850. The highest BCUT2D eigenvalue weighted by Gasteiger charge is 2.14. The van der Waals surface area contributed by atoms with Crippen LogP contribution in [0.25, 0.3) is 0 Å². The van der Waals surface area contributed by atoms with Crippen molar-refractivity contribution >= 4 is 23.2 Å². The van der Waals surface area contributed by atoms with Gasteiger partial charge in [-0.25, -0.2) is 8.78 Å². The molecule has 0 radical (unpaired) electrons. The number of nitrogens with one attached hydrogen (secondary N) is 3.